The smallest absolute Gasteiger partial charge is 0.0323 e. The molecule has 0 aromatic heterocycles. The van der Waals surface area contributed by atoms with Crippen LogP contribution in [-0.4, -0.2) is 18.1 Å². The van der Waals surface area contributed by atoms with Gasteiger partial charge in [0.2, 0.25) is 0 Å². The van der Waals surface area contributed by atoms with E-state index in [2.05, 4.69) is 56.1 Å². The number of hydrogen-bond donors (Lipinski definition) is 1. The Kier molecular flexibility index (Phi) is 7.86. The number of benzene rings is 1. The molecule has 100 valence electrons. The van der Waals surface area contributed by atoms with Gasteiger partial charge in [0, 0.05) is 24.1 Å². The summed E-state index contributed by atoms with van der Waals surface area (Å²) in [5.41, 5.74) is 1.40. The summed E-state index contributed by atoms with van der Waals surface area (Å²) in [6.45, 7) is 9.36. The highest BCUT2D eigenvalue weighted by Gasteiger charge is 2.11. The Balaban J connectivity index is 2.44. The fourth-order valence-electron chi connectivity index (χ4n) is 1.97. The van der Waals surface area contributed by atoms with Crippen molar-refractivity contribution in [2.24, 2.45) is 5.92 Å². The first-order valence-electron chi connectivity index (χ1n) is 6.71. The number of hydrogen-bond acceptors (Lipinski definition) is 2. The largest absolute Gasteiger partial charge is 0.309 e. The van der Waals surface area contributed by atoms with Gasteiger partial charge in [0.1, 0.15) is 0 Å². The first-order chi connectivity index (χ1) is 8.74. The Bertz CT molecular complexity index is 321. The Morgan fingerprint density at radius 3 is 2.61 bits per heavy atom. The van der Waals surface area contributed by atoms with Crippen LogP contribution in [-0.2, 0) is 0 Å². The summed E-state index contributed by atoms with van der Waals surface area (Å²) < 4.78 is 0. The molecule has 18 heavy (non-hydrogen) atoms. The molecule has 1 aromatic carbocycles. The van der Waals surface area contributed by atoms with E-state index in [0.29, 0.717) is 12.0 Å². The third-order valence-corrected chi connectivity index (χ3v) is 3.75. The summed E-state index contributed by atoms with van der Waals surface area (Å²) in [6, 6.07) is 11.2. The van der Waals surface area contributed by atoms with Gasteiger partial charge in [-0.1, -0.05) is 50.3 Å². The molecule has 0 radical (unpaired) electrons. The van der Waals surface area contributed by atoms with Crippen LogP contribution in [0.1, 0.15) is 31.9 Å². The van der Waals surface area contributed by atoms with Gasteiger partial charge in [0.25, 0.3) is 0 Å². The fraction of sp³-hybridized carbons (Fsp3) is 0.500. The molecule has 0 aliphatic rings. The lowest BCUT2D eigenvalue weighted by molar-refractivity contribution is 0.439. The summed E-state index contributed by atoms with van der Waals surface area (Å²) in [4.78, 5) is 0. The monoisotopic (exact) mass is 263 g/mol. The molecule has 0 fully saturated rings. The van der Waals surface area contributed by atoms with Crippen LogP contribution in [0, 0.1) is 5.92 Å². The van der Waals surface area contributed by atoms with Gasteiger partial charge in [0.15, 0.2) is 0 Å². The van der Waals surface area contributed by atoms with E-state index in [0.717, 1.165) is 18.1 Å². The molecule has 1 rings (SSSR count). The molecule has 1 atom stereocenters. The van der Waals surface area contributed by atoms with Crippen LogP contribution >= 0.6 is 11.8 Å². The van der Waals surface area contributed by atoms with Crippen molar-refractivity contribution in [3.05, 3.63) is 48.6 Å². The maximum Gasteiger partial charge on any atom is 0.0323 e. The minimum Gasteiger partial charge on any atom is -0.309 e. The summed E-state index contributed by atoms with van der Waals surface area (Å²) in [5, 5.41) is 3.67. The van der Waals surface area contributed by atoms with Crippen LogP contribution < -0.4 is 5.32 Å². The second-order valence-corrected chi connectivity index (χ2v) is 6.06. The molecule has 0 spiro atoms. The standard InChI is InChI=1S/C16H25NS/c1-4-11-18-12-10-17-16(13-14(2)3)15-8-6-5-7-9-15/h4-9,14,16-17H,1,10-13H2,2-3H3. The van der Waals surface area contributed by atoms with Crippen LogP contribution in [0.5, 0.6) is 0 Å². The van der Waals surface area contributed by atoms with E-state index < -0.39 is 0 Å². The summed E-state index contributed by atoms with van der Waals surface area (Å²) in [7, 11) is 0. The van der Waals surface area contributed by atoms with Crippen molar-refractivity contribution in [1.82, 2.24) is 5.32 Å². The van der Waals surface area contributed by atoms with Gasteiger partial charge in [-0.3, -0.25) is 0 Å². The van der Waals surface area contributed by atoms with Gasteiger partial charge in [0.05, 0.1) is 0 Å². The van der Waals surface area contributed by atoms with E-state index >= 15 is 0 Å². The van der Waals surface area contributed by atoms with Gasteiger partial charge < -0.3 is 5.32 Å². The van der Waals surface area contributed by atoms with E-state index in [1.165, 1.54) is 12.0 Å². The Morgan fingerprint density at radius 2 is 2.00 bits per heavy atom. The quantitative estimate of drug-likeness (QED) is 0.527. The molecule has 0 bridgehead atoms. The maximum atomic E-state index is 3.74. The lowest BCUT2D eigenvalue weighted by Gasteiger charge is -2.21. The lowest BCUT2D eigenvalue weighted by Crippen LogP contribution is -2.25. The molecule has 1 N–H and O–H groups in total. The molecule has 0 saturated heterocycles. The highest BCUT2D eigenvalue weighted by atomic mass is 32.2. The molecule has 0 aliphatic carbocycles. The minimum absolute atomic E-state index is 0.482. The molecular weight excluding hydrogens is 238 g/mol. The number of thioether (sulfide) groups is 1. The average Bonchev–Trinajstić information content (AvgIpc) is 2.38. The topological polar surface area (TPSA) is 12.0 Å². The van der Waals surface area contributed by atoms with Crippen LogP contribution in [0.15, 0.2) is 43.0 Å². The highest BCUT2D eigenvalue weighted by Crippen LogP contribution is 2.20. The van der Waals surface area contributed by atoms with E-state index in [4.69, 9.17) is 0 Å². The van der Waals surface area contributed by atoms with Gasteiger partial charge in [-0.15, -0.1) is 6.58 Å². The molecule has 1 nitrogen and oxygen atoms in total. The van der Waals surface area contributed by atoms with E-state index in [9.17, 15) is 0 Å². The molecule has 0 aliphatic heterocycles. The van der Waals surface area contributed by atoms with Crippen molar-refractivity contribution in [1.29, 1.82) is 0 Å². The Morgan fingerprint density at radius 1 is 1.28 bits per heavy atom. The van der Waals surface area contributed by atoms with Crippen LogP contribution in [0.3, 0.4) is 0 Å². The molecule has 0 amide bonds. The Labute approximate surface area is 116 Å². The van der Waals surface area contributed by atoms with Crippen LogP contribution in [0.25, 0.3) is 0 Å². The van der Waals surface area contributed by atoms with Crippen molar-refractivity contribution < 1.29 is 0 Å². The number of nitrogens with one attached hydrogen (secondary N) is 1. The SMILES string of the molecule is C=CCSCCNC(CC(C)C)c1ccccc1. The summed E-state index contributed by atoms with van der Waals surface area (Å²) in [6.07, 6.45) is 3.16. The van der Waals surface area contributed by atoms with Crippen molar-refractivity contribution in [2.45, 2.75) is 26.3 Å². The molecular formula is C16H25NS. The third kappa shape index (κ3) is 6.27. The van der Waals surface area contributed by atoms with E-state index in [1.807, 2.05) is 17.8 Å². The first kappa shape index (κ1) is 15.3. The van der Waals surface area contributed by atoms with Crippen LogP contribution in [0.2, 0.25) is 0 Å². The maximum absolute atomic E-state index is 3.74. The van der Waals surface area contributed by atoms with Gasteiger partial charge in [-0.05, 0) is 17.9 Å². The second kappa shape index (κ2) is 9.23. The highest BCUT2D eigenvalue weighted by molar-refractivity contribution is 7.99. The minimum atomic E-state index is 0.482. The summed E-state index contributed by atoms with van der Waals surface area (Å²) >= 11 is 1.93. The van der Waals surface area contributed by atoms with Crippen molar-refractivity contribution >= 4 is 11.8 Å². The molecule has 0 saturated carbocycles. The third-order valence-electron chi connectivity index (χ3n) is 2.78. The van der Waals surface area contributed by atoms with E-state index in [-0.39, 0.29) is 0 Å². The van der Waals surface area contributed by atoms with Crippen molar-refractivity contribution in [3.8, 4) is 0 Å². The zero-order chi connectivity index (χ0) is 13.2. The molecule has 0 heterocycles. The predicted octanol–water partition coefficient (Wildman–Crippen LogP) is 4.28. The molecule has 2 heteroatoms. The van der Waals surface area contributed by atoms with Gasteiger partial charge in [-0.25, -0.2) is 0 Å². The van der Waals surface area contributed by atoms with Gasteiger partial charge >= 0.3 is 0 Å². The Hall–Kier alpha value is -0.730. The zero-order valence-corrected chi connectivity index (χ0v) is 12.4. The van der Waals surface area contributed by atoms with E-state index in [1.54, 1.807) is 0 Å². The van der Waals surface area contributed by atoms with Crippen LogP contribution in [0.4, 0.5) is 0 Å². The first-order valence-corrected chi connectivity index (χ1v) is 7.86. The number of rotatable bonds is 9. The average molecular weight is 263 g/mol. The lowest BCUT2D eigenvalue weighted by atomic mass is 9.97. The zero-order valence-electron chi connectivity index (χ0n) is 11.6. The van der Waals surface area contributed by atoms with Crippen molar-refractivity contribution in [3.63, 3.8) is 0 Å². The predicted molar refractivity (Wildman–Crippen MR) is 84.2 cm³/mol. The van der Waals surface area contributed by atoms with Gasteiger partial charge in [-0.2, -0.15) is 11.8 Å². The fourth-order valence-corrected chi connectivity index (χ4v) is 2.56. The molecule has 1 unspecified atom stereocenters. The van der Waals surface area contributed by atoms with Crippen molar-refractivity contribution in [2.75, 3.05) is 18.1 Å². The molecule has 1 aromatic rings. The normalized spacial score (nSPS) is 12.6. The second-order valence-electron chi connectivity index (χ2n) is 4.91. The summed E-state index contributed by atoms with van der Waals surface area (Å²) in [5.74, 6) is 2.90.